The van der Waals surface area contributed by atoms with Crippen LogP contribution in [0, 0.1) is 66.8 Å². The van der Waals surface area contributed by atoms with Crippen molar-refractivity contribution < 1.29 is 9.82 Å². The molecule has 1 heterocycles. The predicted octanol–water partition coefficient (Wildman–Crippen LogP) is 0.956. The largest absolute Gasteiger partial charge is 0.334 e. The molecule has 3 rings (SSSR count). The average Bonchev–Trinajstić information content (AvgIpc) is 2.67. The molecule has 134 valence electrons. The van der Waals surface area contributed by atoms with Gasteiger partial charge in [-0.2, -0.15) is 15.8 Å². The first-order valence-electron chi connectivity index (χ1n) is 8.46. The van der Waals surface area contributed by atoms with Gasteiger partial charge < -0.3 is 10.3 Å². The molecule has 8 heteroatoms. The van der Waals surface area contributed by atoms with Gasteiger partial charge in [-0.05, 0) is 11.6 Å². The molecule has 0 amide bonds. The summed E-state index contributed by atoms with van der Waals surface area (Å²) in [5.41, 5.74) is -1.44. The van der Waals surface area contributed by atoms with Crippen LogP contribution in [-0.4, -0.2) is 30.8 Å². The number of nitro groups is 1. The maximum absolute atomic E-state index is 11.6. The van der Waals surface area contributed by atoms with E-state index in [1.807, 2.05) is 25.3 Å². The zero-order valence-corrected chi connectivity index (χ0v) is 14.6. The zero-order chi connectivity index (χ0) is 19.8. The Hall–Kier alpha value is -3.54. The van der Waals surface area contributed by atoms with Gasteiger partial charge in [-0.1, -0.05) is 18.2 Å². The number of fused-ring (bicyclic) bond motifs is 1. The Bertz CT molecular complexity index is 963. The number of nitrogens with zero attached hydrogens (tertiary/aromatic N) is 4. The van der Waals surface area contributed by atoms with Crippen molar-refractivity contribution in [1.29, 1.82) is 21.2 Å². The Balaban J connectivity index is 2.34. The molecule has 2 aliphatic rings. The number of likely N-dealkylation sites (N-methyl/N-ethyl adjacent to an activating group) is 1. The second-order valence-corrected chi connectivity index (χ2v) is 6.98. The normalized spacial score (nSPS) is 28.7. The van der Waals surface area contributed by atoms with Gasteiger partial charge in [0, 0.05) is 23.5 Å². The average molecular weight is 361 g/mol. The molecule has 1 aliphatic carbocycles. The maximum Gasteiger partial charge on any atom is 0.272 e. The van der Waals surface area contributed by atoms with Gasteiger partial charge in [0.2, 0.25) is 0 Å². The molecule has 8 nitrogen and oxygen atoms in total. The molecule has 0 radical (unpaired) electrons. The summed E-state index contributed by atoms with van der Waals surface area (Å²) in [4.78, 5) is 12.2. The lowest BCUT2D eigenvalue weighted by molar-refractivity contribution is -0.878. The second-order valence-electron chi connectivity index (χ2n) is 6.98. The van der Waals surface area contributed by atoms with E-state index in [9.17, 15) is 25.9 Å². The number of nitro benzene ring substituents is 1. The van der Waals surface area contributed by atoms with E-state index in [-0.39, 0.29) is 17.0 Å². The number of hydrogen-bond donors (Lipinski definition) is 2. The summed E-state index contributed by atoms with van der Waals surface area (Å²) < 4.78 is 0. The third-order valence-electron chi connectivity index (χ3n) is 5.55. The minimum absolute atomic E-state index is 0.178. The molecule has 1 fully saturated rings. The molecule has 2 unspecified atom stereocenters. The summed E-state index contributed by atoms with van der Waals surface area (Å²) >= 11 is 0. The van der Waals surface area contributed by atoms with Crippen molar-refractivity contribution in [2.75, 3.05) is 20.1 Å². The number of hydrogen-bond acceptors (Lipinski definition) is 6. The molecule has 0 bridgehead atoms. The summed E-state index contributed by atoms with van der Waals surface area (Å²) in [5, 5.41) is 49.6. The Morgan fingerprint density at radius 3 is 2.56 bits per heavy atom. The smallest absolute Gasteiger partial charge is 0.272 e. The molecule has 1 aliphatic heterocycles. The van der Waals surface area contributed by atoms with E-state index in [0.29, 0.717) is 18.7 Å². The zero-order valence-electron chi connectivity index (χ0n) is 14.6. The van der Waals surface area contributed by atoms with Gasteiger partial charge in [-0.3, -0.25) is 10.1 Å². The lowest BCUT2D eigenvalue weighted by Crippen LogP contribution is -3.10. The van der Waals surface area contributed by atoms with Crippen LogP contribution in [0.25, 0.3) is 0 Å². The lowest BCUT2D eigenvalue weighted by atomic mass is 9.54. The number of para-hydroxylation sites is 1. The van der Waals surface area contributed by atoms with Crippen LogP contribution in [0.4, 0.5) is 5.69 Å². The maximum atomic E-state index is 11.6. The Kier molecular flexibility index (Phi) is 4.49. The van der Waals surface area contributed by atoms with Crippen LogP contribution in [0.2, 0.25) is 0 Å². The molecule has 0 spiro atoms. The van der Waals surface area contributed by atoms with E-state index in [1.54, 1.807) is 12.1 Å². The van der Waals surface area contributed by atoms with Crippen LogP contribution in [0.1, 0.15) is 11.5 Å². The van der Waals surface area contributed by atoms with Gasteiger partial charge in [-0.25, -0.2) is 0 Å². The van der Waals surface area contributed by atoms with Crippen LogP contribution in [0.3, 0.4) is 0 Å². The van der Waals surface area contributed by atoms with Gasteiger partial charge in [0.15, 0.2) is 5.41 Å². The van der Waals surface area contributed by atoms with E-state index < -0.39 is 28.1 Å². The van der Waals surface area contributed by atoms with Crippen LogP contribution >= 0.6 is 0 Å². The summed E-state index contributed by atoms with van der Waals surface area (Å²) in [6, 6.07) is 12.0. The Morgan fingerprint density at radius 1 is 1.30 bits per heavy atom. The highest BCUT2D eigenvalue weighted by Crippen LogP contribution is 2.53. The molecule has 0 saturated heterocycles. The van der Waals surface area contributed by atoms with Crippen molar-refractivity contribution in [2.45, 2.75) is 5.92 Å². The number of nitriles is 3. The monoisotopic (exact) mass is 361 g/mol. The SMILES string of the molecule is C[NH+]1CC=C2C(C#N)C(=N)C(C#N)(C#N)[C@@H](c3ccccc3[N+](=O)[O-])[C@H]2C1. The van der Waals surface area contributed by atoms with Gasteiger partial charge in [0.05, 0.1) is 49.0 Å². The molecule has 2 N–H and O–H groups in total. The summed E-state index contributed by atoms with van der Waals surface area (Å²) in [5.74, 6) is -2.24. The first-order chi connectivity index (χ1) is 12.9. The van der Waals surface area contributed by atoms with Gasteiger partial charge >= 0.3 is 0 Å². The minimum atomic E-state index is -1.92. The number of quaternary nitrogens is 1. The molecule has 1 aromatic rings. The topological polar surface area (TPSA) is 143 Å². The highest BCUT2D eigenvalue weighted by molar-refractivity contribution is 6.01. The van der Waals surface area contributed by atoms with E-state index in [0.717, 1.165) is 4.90 Å². The number of nitrogens with one attached hydrogen (secondary N) is 2. The van der Waals surface area contributed by atoms with Crippen LogP contribution in [0.5, 0.6) is 0 Å². The molecular weight excluding hydrogens is 344 g/mol. The van der Waals surface area contributed by atoms with Crippen LogP contribution in [-0.2, 0) is 0 Å². The first-order valence-corrected chi connectivity index (χ1v) is 8.46. The first kappa shape index (κ1) is 18.3. The second kappa shape index (κ2) is 6.64. The highest BCUT2D eigenvalue weighted by Gasteiger charge is 2.59. The quantitative estimate of drug-likeness (QED) is 0.458. The lowest BCUT2D eigenvalue weighted by Gasteiger charge is -2.45. The van der Waals surface area contributed by atoms with Crippen molar-refractivity contribution in [1.82, 2.24) is 0 Å². The van der Waals surface area contributed by atoms with Crippen molar-refractivity contribution >= 4 is 11.4 Å². The van der Waals surface area contributed by atoms with E-state index >= 15 is 0 Å². The molecule has 27 heavy (non-hydrogen) atoms. The summed E-state index contributed by atoms with van der Waals surface area (Å²) in [7, 11) is 1.95. The fourth-order valence-electron chi connectivity index (χ4n) is 4.32. The molecule has 1 saturated carbocycles. The van der Waals surface area contributed by atoms with Gasteiger partial charge in [0.25, 0.3) is 5.69 Å². The van der Waals surface area contributed by atoms with Crippen molar-refractivity contribution in [3.05, 3.63) is 51.6 Å². The fraction of sp³-hybridized carbons (Fsp3) is 0.368. The third-order valence-corrected chi connectivity index (χ3v) is 5.55. The van der Waals surface area contributed by atoms with Crippen molar-refractivity contribution in [3.8, 4) is 18.2 Å². The van der Waals surface area contributed by atoms with Crippen molar-refractivity contribution in [3.63, 3.8) is 0 Å². The van der Waals surface area contributed by atoms with Gasteiger partial charge in [0.1, 0.15) is 5.92 Å². The summed E-state index contributed by atoms with van der Waals surface area (Å²) in [6.45, 7) is 1.19. The minimum Gasteiger partial charge on any atom is -0.334 e. The van der Waals surface area contributed by atoms with Gasteiger partial charge in [-0.15, -0.1) is 0 Å². The predicted molar refractivity (Wildman–Crippen MR) is 94.5 cm³/mol. The van der Waals surface area contributed by atoms with E-state index in [2.05, 4.69) is 6.07 Å². The Morgan fingerprint density at radius 2 is 1.96 bits per heavy atom. The number of benzene rings is 1. The highest BCUT2D eigenvalue weighted by atomic mass is 16.6. The van der Waals surface area contributed by atoms with E-state index in [1.165, 1.54) is 12.1 Å². The molecule has 4 atom stereocenters. The standard InChI is InChI=1S/C19H16N6O2/c1-24-7-6-12-14(8-20)18(23)19(10-21,11-22)17(15(12)9-24)13-4-2-3-5-16(13)25(26)27/h2-6,14-15,17,23H,7,9H2,1H3/p+1/t14?,15-,17-/m0/s1. The van der Waals surface area contributed by atoms with Crippen LogP contribution < -0.4 is 4.90 Å². The molecule has 0 aromatic heterocycles. The third kappa shape index (κ3) is 2.57. The fourth-order valence-corrected chi connectivity index (χ4v) is 4.32. The molecular formula is C19H17N6O2+. The van der Waals surface area contributed by atoms with Crippen LogP contribution in [0.15, 0.2) is 35.9 Å². The molecule has 1 aromatic carbocycles. The summed E-state index contributed by atoms with van der Waals surface area (Å²) in [6.07, 6.45) is 1.88. The number of rotatable bonds is 2. The van der Waals surface area contributed by atoms with Crippen molar-refractivity contribution in [2.24, 2.45) is 17.3 Å². The van der Waals surface area contributed by atoms with E-state index in [4.69, 9.17) is 5.41 Å². The Labute approximate surface area is 156 Å².